The zero-order chi connectivity index (χ0) is 15.4. The van der Waals surface area contributed by atoms with Crippen LogP contribution in [0.25, 0.3) is 0 Å². The van der Waals surface area contributed by atoms with Crippen LogP contribution in [-0.4, -0.2) is 6.04 Å². The fourth-order valence-electron chi connectivity index (χ4n) is 1.87. The van der Waals surface area contributed by atoms with Crippen molar-refractivity contribution in [1.29, 1.82) is 0 Å². The van der Waals surface area contributed by atoms with Crippen molar-refractivity contribution < 1.29 is 4.74 Å². The summed E-state index contributed by atoms with van der Waals surface area (Å²) >= 11 is 9.72. The summed E-state index contributed by atoms with van der Waals surface area (Å²) in [4.78, 5) is 0. The molecule has 2 aromatic rings. The van der Waals surface area contributed by atoms with Crippen LogP contribution in [0.3, 0.4) is 0 Å². The molecule has 0 aliphatic rings. The molecule has 0 radical (unpaired) electrons. The van der Waals surface area contributed by atoms with Crippen molar-refractivity contribution in [3.8, 4) is 11.5 Å². The van der Waals surface area contributed by atoms with Gasteiger partial charge in [-0.2, -0.15) is 0 Å². The van der Waals surface area contributed by atoms with Crippen molar-refractivity contribution in [2.45, 2.75) is 33.4 Å². The summed E-state index contributed by atoms with van der Waals surface area (Å²) in [5.41, 5.74) is 2.32. The normalized spacial score (nSPS) is 11.0. The lowest BCUT2D eigenvalue weighted by Gasteiger charge is -2.12. The van der Waals surface area contributed by atoms with Crippen LogP contribution in [0.4, 0.5) is 0 Å². The average molecular weight is 369 g/mol. The standard InChI is InChI=1S/C17H19BrClNO/c1-11(2)20-10-13-5-7-16(14(18)9-13)21-17-8-12(3)4-6-15(17)19/h4-9,11,20H,10H2,1-3H3. The van der Waals surface area contributed by atoms with Crippen LogP contribution in [0, 0.1) is 6.92 Å². The number of ether oxygens (including phenoxy) is 1. The van der Waals surface area contributed by atoms with E-state index < -0.39 is 0 Å². The maximum absolute atomic E-state index is 6.16. The molecular weight excluding hydrogens is 350 g/mol. The predicted molar refractivity (Wildman–Crippen MR) is 92.4 cm³/mol. The van der Waals surface area contributed by atoms with Crippen molar-refractivity contribution >= 4 is 27.5 Å². The molecule has 0 aromatic heterocycles. The van der Waals surface area contributed by atoms with E-state index in [9.17, 15) is 0 Å². The third-order valence-electron chi connectivity index (χ3n) is 3.02. The van der Waals surface area contributed by atoms with Gasteiger partial charge >= 0.3 is 0 Å². The number of nitrogens with one attached hydrogen (secondary N) is 1. The predicted octanol–water partition coefficient (Wildman–Crippen LogP) is 5.70. The molecular formula is C17H19BrClNO. The maximum atomic E-state index is 6.16. The molecule has 0 atom stereocenters. The Morgan fingerprint density at radius 2 is 1.90 bits per heavy atom. The molecule has 0 amide bonds. The van der Waals surface area contributed by atoms with Gasteiger partial charge in [0.1, 0.15) is 11.5 Å². The molecule has 0 saturated heterocycles. The largest absolute Gasteiger partial charge is 0.455 e. The van der Waals surface area contributed by atoms with Crippen molar-refractivity contribution in [1.82, 2.24) is 5.32 Å². The minimum absolute atomic E-state index is 0.464. The zero-order valence-corrected chi connectivity index (χ0v) is 14.8. The summed E-state index contributed by atoms with van der Waals surface area (Å²) in [6.45, 7) is 7.11. The molecule has 0 heterocycles. The summed E-state index contributed by atoms with van der Waals surface area (Å²) in [6, 6.07) is 12.3. The average Bonchev–Trinajstić information content (AvgIpc) is 2.43. The summed E-state index contributed by atoms with van der Waals surface area (Å²) in [7, 11) is 0. The number of aryl methyl sites for hydroxylation is 1. The summed E-state index contributed by atoms with van der Waals surface area (Å²) in [6.07, 6.45) is 0. The molecule has 0 aliphatic carbocycles. The molecule has 0 saturated carbocycles. The summed E-state index contributed by atoms with van der Waals surface area (Å²) in [5.74, 6) is 1.43. The van der Waals surface area contributed by atoms with Crippen LogP contribution < -0.4 is 10.1 Å². The van der Waals surface area contributed by atoms with Crippen LogP contribution >= 0.6 is 27.5 Å². The fraction of sp³-hybridized carbons (Fsp3) is 0.294. The highest BCUT2D eigenvalue weighted by Crippen LogP contribution is 2.34. The fourth-order valence-corrected chi connectivity index (χ4v) is 2.53. The number of hydrogen-bond acceptors (Lipinski definition) is 2. The summed E-state index contributed by atoms with van der Waals surface area (Å²) in [5, 5.41) is 4.00. The van der Waals surface area contributed by atoms with Gasteiger partial charge in [-0.05, 0) is 58.2 Å². The van der Waals surface area contributed by atoms with Gasteiger partial charge in [-0.25, -0.2) is 0 Å². The van der Waals surface area contributed by atoms with Crippen molar-refractivity contribution in [3.05, 3.63) is 57.0 Å². The smallest absolute Gasteiger partial charge is 0.146 e. The van der Waals surface area contributed by atoms with E-state index in [1.54, 1.807) is 0 Å². The molecule has 4 heteroatoms. The molecule has 0 bridgehead atoms. The van der Waals surface area contributed by atoms with E-state index in [1.165, 1.54) is 5.56 Å². The molecule has 0 spiro atoms. The molecule has 21 heavy (non-hydrogen) atoms. The zero-order valence-electron chi connectivity index (χ0n) is 12.4. The highest BCUT2D eigenvalue weighted by Gasteiger charge is 2.08. The van der Waals surface area contributed by atoms with E-state index >= 15 is 0 Å². The molecule has 0 unspecified atom stereocenters. The monoisotopic (exact) mass is 367 g/mol. The van der Waals surface area contributed by atoms with Gasteiger partial charge in [0.15, 0.2) is 0 Å². The van der Waals surface area contributed by atoms with Crippen LogP contribution in [0.5, 0.6) is 11.5 Å². The van der Waals surface area contributed by atoms with Crippen LogP contribution in [-0.2, 0) is 6.54 Å². The molecule has 2 aromatic carbocycles. The second-order valence-corrected chi connectivity index (χ2v) is 6.60. The van der Waals surface area contributed by atoms with Gasteiger partial charge in [-0.1, -0.05) is 37.6 Å². The van der Waals surface area contributed by atoms with Crippen molar-refractivity contribution in [2.24, 2.45) is 0 Å². The van der Waals surface area contributed by atoms with Gasteiger partial charge in [0.25, 0.3) is 0 Å². The highest BCUT2D eigenvalue weighted by molar-refractivity contribution is 9.10. The third kappa shape index (κ3) is 4.73. The second kappa shape index (κ2) is 7.30. The number of halogens is 2. The first-order valence-corrected chi connectivity index (χ1v) is 8.08. The lowest BCUT2D eigenvalue weighted by molar-refractivity contribution is 0.479. The van der Waals surface area contributed by atoms with E-state index in [4.69, 9.17) is 16.3 Å². The molecule has 0 aliphatic heterocycles. The first kappa shape index (κ1) is 16.3. The van der Waals surface area contributed by atoms with Gasteiger partial charge in [0.2, 0.25) is 0 Å². The third-order valence-corrected chi connectivity index (χ3v) is 3.95. The van der Waals surface area contributed by atoms with Crippen LogP contribution in [0.1, 0.15) is 25.0 Å². The van der Waals surface area contributed by atoms with Crippen LogP contribution in [0.2, 0.25) is 5.02 Å². The van der Waals surface area contributed by atoms with Gasteiger partial charge in [0.05, 0.1) is 9.50 Å². The van der Waals surface area contributed by atoms with Gasteiger partial charge in [-0.3, -0.25) is 0 Å². The Bertz CT molecular complexity index is 628. The number of benzene rings is 2. The van der Waals surface area contributed by atoms with Gasteiger partial charge in [-0.15, -0.1) is 0 Å². The number of hydrogen-bond donors (Lipinski definition) is 1. The van der Waals surface area contributed by atoms with Crippen molar-refractivity contribution in [2.75, 3.05) is 0 Å². The first-order valence-electron chi connectivity index (χ1n) is 6.91. The molecule has 112 valence electrons. The molecule has 2 rings (SSSR count). The van der Waals surface area contributed by atoms with E-state index in [0.29, 0.717) is 16.8 Å². The Labute approximate surface area is 139 Å². The van der Waals surface area contributed by atoms with E-state index in [-0.39, 0.29) is 0 Å². The Morgan fingerprint density at radius 3 is 2.57 bits per heavy atom. The minimum atomic E-state index is 0.464. The Morgan fingerprint density at radius 1 is 1.14 bits per heavy atom. The first-order chi connectivity index (χ1) is 9.95. The van der Waals surface area contributed by atoms with Crippen LogP contribution in [0.15, 0.2) is 40.9 Å². The Hall–Kier alpha value is -1.03. The quantitative estimate of drug-likeness (QED) is 0.730. The van der Waals surface area contributed by atoms with Gasteiger partial charge < -0.3 is 10.1 Å². The maximum Gasteiger partial charge on any atom is 0.146 e. The number of rotatable bonds is 5. The van der Waals surface area contributed by atoms with E-state index in [0.717, 1.165) is 22.3 Å². The molecule has 0 fully saturated rings. The SMILES string of the molecule is Cc1ccc(Cl)c(Oc2ccc(CNC(C)C)cc2Br)c1. The second-order valence-electron chi connectivity index (χ2n) is 5.34. The van der Waals surface area contributed by atoms with Crippen molar-refractivity contribution in [3.63, 3.8) is 0 Å². The molecule has 2 nitrogen and oxygen atoms in total. The highest BCUT2D eigenvalue weighted by atomic mass is 79.9. The lowest BCUT2D eigenvalue weighted by atomic mass is 10.2. The molecule has 1 N–H and O–H groups in total. The lowest BCUT2D eigenvalue weighted by Crippen LogP contribution is -2.21. The summed E-state index contributed by atoms with van der Waals surface area (Å²) < 4.78 is 6.82. The minimum Gasteiger partial charge on any atom is -0.455 e. The van der Waals surface area contributed by atoms with E-state index in [2.05, 4.69) is 47.2 Å². The van der Waals surface area contributed by atoms with Gasteiger partial charge in [0, 0.05) is 12.6 Å². The topological polar surface area (TPSA) is 21.3 Å². The Balaban J connectivity index is 2.15. The Kier molecular flexibility index (Phi) is 5.68. The van der Waals surface area contributed by atoms with E-state index in [1.807, 2.05) is 31.2 Å².